The van der Waals surface area contributed by atoms with Gasteiger partial charge in [-0.05, 0) is 6.92 Å². The Balaban J connectivity index is 2.77. The van der Waals surface area contributed by atoms with Gasteiger partial charge in [-0.25, -0.2) is 0 Å². The largest absolute Gasteiger partial charge is 0.379 e. The Kier molecular flexibility index (Phi) is 2.54. The van der Waals surface area contributed by atoms with Crippen LogP contribution in [0.2, 0.25) is 0 Å². The molecule has 1 rings (SSSR count). The number of nitrogens with two attached hydrogens (primary N) is 1. The summed E-state index contributed by atoms with van der Waals surface area (Å²) in [6, 6.07) is -0.132. The van der Waals surface area contributed by atoms with Gasteiger partial charge in [-0.15, -0.1) is 0 Å². The first kappa shape index (κ1) is 9.68. The lowest BCUT2D eigenvalue weighted by atomic mass is 9.77. The number of ketones is 1. The highest BCUT2D eigenvalue weighted by atomic mass is 16.5. The molecule has 1 fully saturated rings. The summed E-state index contributed by atoms with van der Waals surface area (Å²) in [5.41, 5.74) is 5.36. The summed E-state index contributed by atoms with van der Waals surface area (Å²) in [5, 5.41) is 0. The Morgan fingerprint density at radius 3 is 2.58 bits per heavy atom. The second-order valence-corrected chi connectivity index (χ2v) is 4.06. The summed E-state index contributed by atoms with van der Waals surface area (Å²) in [6.45, 7) is 6.68. The monoisotopic (exact) mass is 171 g/mol. The summed E-state index contributed by atoms with van der Waals surface area (Å²) in [6.07, 6.45) is 0. The molecule has 1 heterocycles. The Morgan fingerprint density at radius 2 is 2.25 bits per heavy atom. The first-order valence-electron chi connectivity index (χ1n) is 4.36. The molecule has 12 heavy (non-hydrogen) atoms. The third kappa shape index (κ3) is 1.39. The summed E-state index contributed by atoms with van der Waals surface area (Å²) >= 11 is 0. The molecule has 3 nitrogen and oxygen atoms in total. The van der Waals surface area contributed by atoms with E-state index in [1.807, 2.05) is 20.8 Å². The van der Waals surface area contributed by atoms with E-state index in [4.69, 9.17) is 10.5 Å². The van der Waals surface area contributed by atoms with Crippen molar-refractivity contribution in [3.8, 4) is 0 Å². The van der Waals surface area contributed by atoms with Crippen LogP contribution in [0, 0.1) is 11.3 Å². The van der Waals surface area contributed by atoms with E-state index in [-0.39, 0.29) is 17.7 Å². The van der Waals surface area contributed by atoms with Gasteiger partial charge in [0.1, 0.15) is 5.78 Å². The average Bonchev–Trinajstić information content (AvgIpc) is 2.32. The highest BCUT2D eigenvalue weighted by molar-refractivity contribution is 5.87. The topological polar surface area (TPSA) is 52.3 Å². The van der Waals surface area contributed by atoms with Crippen molar-refractivity contribution in [2.75, 3.05) is 13.2 Å². The van der Waals surface area contributed by atoms with E-state index in [0.717, 1.165) is 0 Å². The van der Waals surface area contributed by atoms with Crippen LogP contribution in [0.1, 0.15) is 20.8 Å². The summed E-state index contributed by atoms with van der Waals surface area (Å²) in [5.74, 6) is 0.259. The Labute approximate surface area is 73.3 Å². The highest BCUT2D eigenvalue weighted by Gasteiger charge is 2.44. The molecule has 0 amide bonds. The fraction of sp³-hybridized carbons (Fsp3) is 0.889. The van der Waals surface area contributed by atoms with Gasteiger partial charge in [-0.1, -0.05) is 13.8 Å². The van der Waals surface area contributed by atoms with Crippen LogP contribution in [-0.4, -0.2) is 25.0 Å². The minimum atomic E-state index is -0.450. The van der Waals surface area contributed by atoms with Crippen molar-refractivity contribution < 1.29 is 9.53 Å². The Bertz CT molecular complexity index is 191. The minimum absolute atomic E-state index is 0.0442. The fourth-order valence-electron chi connectivity index (χ4n) is 1.60. The van der Waals surface area contributed by atoms with Crippen LogP contribution >= 0.6 is 0 Å². The molecule has 0 aromatic rings. The SMILES string of the molecule is CC(C)C(=O)C1(C)COCC1N. The average molecular weight is 171 g/mol. The number of carbonyl (C=O) groups excluding carboxylic acids is 1. The van der Waals surface area contributed by atoms with Crippen molar-refractivity contribution in [3.63, 3.8) is 0 Å². The van der Waals surface area contributed by atoms with E-state index in [2.05, 4.69) is 0 Å². The molecule has 3 heteroatoms. The van der Waals surface area contributed by atoms with E-state index in [1.54, 1.807) is 0 Å². The molecule has 0 spiro atoms. The molecule has 2 atom stereocenters. The predicted molar refractivity (Wildman–Crippen MR) is 46.7 cm³/mol. The number of hydrogen-bond donors (Lipinski definition) is 1. The lowest BCUT2D eigenvalue weighted by molar-refractivity contribution is -0.131. The van der Waals surface area contributed by atoms with Gasteiger partial charge in [0.25, 0.3) is 0 Å². The Hall–Kier alpha value is -0.410. The van der Waals surface area contributed by atoms with Crippen LogP contribution in [-0.2, 0) is 9.53 Å². The zero-order valence-corrected chi connectivity index (χ0v) is 7.96. The van der Waals surface area contributed by atoms with Crippen LogP contribution in [0.25, 0.3) is 0 Å². The lowest BCUT2D eigenvalue weighted by Gasteiger charge is -2.26. The molecule has 0 saturated carbocycles. The maximum atomic E-state index is 11.7. The van der Waals surface area contributed by atoms with Gasteiger partial charge in [0, 0.05) is 12.0 Å². The molecular formula is C9H17NO2. The molecule has 0 aliphatic carbocycles. The van der Waals surface area contributed by atoms with Gasteiger partial charge >= 0.3 is 0 Å². The Morgan fingerprint density at radius 1 is 1.67 bits per heavy atom. The van der Waals surface area contributed by atoms with E-state index in [1.165, 1.54) is 0 Å². The molecule has 0 aromatic heterocycles. The summed E-state index contributed by atoms with van der Waals surface area (Å²) in [4.78, 5) is 11.7. The van der Waals surface area contributed by atoms with Gasteiger partial charge in [0.05, 0.1) is 18.6 Å². The van der Waals surface area contributed by atoms with Crippen LogP contribution in [0.3, 0.4) is 0 Å². The standard InChI is InChI=1S/C9H17NO2/c1-6(2)8(11)9(3)5-12-4-7(9)10/h6-7H,4-5,10H2,1-3H3. The number of ether oxygens (including phenoxy) is 1. The molecule has 1 aliphatic heterocycles. The quantitative estimate of drug-likeness (QED) is 0.661. The molecular weight excluding hydrogens is 154 g/mol. The van der Waals surface area contributed by atoms with Crippen molar-refractivity contribution in [1.82, 2.24) is 0 Å². The second kappa shape index (κ2) is 3.15. The summed E-state index contributed by atoms with van der Waals surface area (Å²) < 4.78 is 5.20. The van der Waals surface area contributed by atoms with E-state index in [0.29, 0.717) is 13.2 Å². The fourth-order valence-corrected chi connectivity index (χ4v) is 1.60. The van der Waals surface area contributed by atoms with Crippen LogP contribution in [0.5, 0.6) is 0 Å². The van der Waals surface area contributed by atoms with Crippen molar-refractivity contribution in [2.45, 2.75) is 26.8 Å². The molecule has 1 aliphatic rings. The first-order valence-corrected chi connectivity index (χ1v) is 4.36. The molecule has 2 N–H and O–H groups in total. The van der Waals surface area contributed by atoms with Crippen molar-refractivity contribution >= 4 is 5.78 Å². The van der Waals surface area contributed by atoms with Gasteiger partial charge in [0.2, 0.25) is 0 Å². The van der Waals surface area contributed by atoms with Crippen molar-refractivity contribution in [2.24, 2.45) is 17.1 Å². The third-order valence-electron chi connectivity index (χ3n) is 2.60. The van der Waals surface area contributed by atoms with Gasteiger partial charge in [0.15, 0.2) is 0 Å². The maximum Gasteiger partial charge on any atom is 0.145 e. The molecule has 2 unspecified atom stereocenters. The van der Waals surface area contributed by atoms with Gasteiger partial charge in [-0.2, -0.15) is 0 Å². The third-order valence-corrected chi connectivity index (χ3v) is 2.60. The predicted octanol–water partition coefficient (Wildman–Crippen LogP) is 0.575. The number of rotatable bonds is 2. The first-order chi connectivity index (χ1) is 5.48. The van der Waals surface area contributed by atoms with Crippen LogP contribution in [0.15, 0.2) is 0 Å². The number of Topliss-reactive ketones (excluding diaryl/α,β-unsaturated/α-hetero) is 1. The molecule has 0 bridgehead atoms. The molecule has 1 saturated heterocycles. The van der Waals surface area contributed by atoms with Crippen molar-refractivity contribution in [1.29, 1.82) is 0 Å². The smallest absolute Gasteiger partial charge is 0.145 e. The number of hydrogen-bond acceptors (Lipinski definition) is 3. The second-order valence-electron chi connectivity index (χ2n) is 4.06. The zero-order valence-electron chi connectivity index (χ0n) is 7.96. The van der Waals surface area contributed by atoms with E-state index < -0.39 is 5.41 Å². The molecule has 0 aromatic carbocycles. The van der Waals surface area contributed by atoms with E-state index >= 15 is 0 Å². The van der Waals surface area contributed by atoms with E-state index in [9.17, 15) is 4.79 Å². The van der Waals surface area contributed by atoms with Gasteiger partial charge < -0.3 is 10.5 Å². The van der Waals surface area contributed by atoms with Crippen molar-refractivity contribution in [3.05, 3.63) is 0 Å². The molecule has 0 radical (unpaired) electrons. The highest BCUT2D eigenvalue weighted by Crippen LogP contribution is 2.30. The normalized spacial score (nSPS) is 35.9. The van der Waals surface area contributed by atoms with Crippen LogP contribution < -0.4 is 5.73 Å². The van der Waals surface area contributed by atoms with Gasteiger partial charge in [-0.3, -0.25) is 4.79 Å². The zero-order chi connectivity index (χ0) is 9.35. The maximum absolute atomic E-state index is 11.7. The molecule has 70 valence electrons. The summed E-state index contributed by atoms with van der Waals surface area (Å²) in [7, 11) is 0. The number of carbonyl (C=O) groups is 1. The van der Waals surface area contributed by atoms with Crippen LogP contribution in [0.4, 0.5) is 0 Å². The lowest BCUT2D eigenvalue weighted by Crippen LogP contribution is -2.46. The minimum Gasteiger partial charge on any atom is -0.379 e.